The summed E-state index contributed by atoms with van der Waals surface area (Å²) in [5.74, 6) is -0.720. The first kappa shape index (κ1) is 13.0. The molecule has 0 heterocycles. The van der Waals surface area contributed by atoms with Crippen molar-refractivity contribution >= 4 is 21.9 Å². The van der Waals surface area contributed by atoms with E-state index in [1.54, 1.807) is 19.1 Å². The van der Waals surface area contributed by atoms with E-state index in [-0.39, 0.29) is 12.2 Å². The molecule has 0 aliphatic carbocycles. The van der Waals surface area contributed by atoms with Crippen LogP contribution in [0.4, 0.5) is 0 Å². The van der Waals surface area contributed by atoms with Crippen LogP contribution in [0.1, 0.15) is 23.7 Å². The molecule has 4 nitrogen and oxygen atoms in total. The van der Waals surface area contributed by atoms with Crippen LogP contribution in [-0.4, -0.2) is 28.9 Å². The topological polar surface area (TPSA) is 66.8 Å². The van der Waals surface area contributed by atoms with E-state index in [4.69, 9.17) is 14.9 Å². The smallest absolute Gasteiger partial charge is 0.339 e. The Morgan fingerprint density at radius 2 is 2.25 bits per heavy atom. The summed E-state index contributed by atoms with van der Waals surface area (Å²) in [6, 6.07) is 4.72. The second-order valence-corrected chi connectivity index (χ2v) is 4.35. The van der Waals surface area contributed by atoms with Crippen LogP contribution in [-0.2, 0) is 0 Å². The van der Waals surface area contributed by atoms with E-state index < -0.39 is 12.1 Å². The molecule has 16 heavy (non-hydrogen) atoms. The van der Waals surface area contributed by atoms with Crippen LogP contribution in [0, 0.1) is 0 Å². The van der Waals surface area contributed by atoms with Gasteiger partial charge >= 0.3 is 5.97 Å². The number of hydrogen-bond donors (Lipinski definition) is 2. The number of aromatic carboxylic acids is 1. The molecule has 0 spiro atoms. The molecule has 0 amide bonds. The normalized spacial score (nSPS) is 12.2. The van der Waals surface area contributed by atoms with Gasteiger partial charge < -0.3 is 14.9 Å². The SMILES string of the molecule is CC(O)CCOc1cc(Br)ccc1C(=O)O. The molecule has 5 heteroatoms. The van der Waals surface area contributed by atoms with Gasteiger partial charge in [0, 0.05) is 10.9 Å². The van der Waals surface area contributed by atoms with Gasteiger partial charge in [-0.2, -0.15) is 0 Å². The number of rotatable bonds is 5. The zero-order chi connectivity index (χ0) is 12.1. The van der Waals surface area contributed by atoms with Crippen LogP contribution >= 0.6 is 15.9 Å². The molecule has 2 N–H and O–H groups in total. The van der Waals surface area contributed by atoms with E-state index in [2.05, 4.69) is 15.9 Å². The number of ether oxygens (including phenoxy) is 1. The number of carboxylic acid groups (broad SMARTS) is 1. The maximum absolute atomic E-state index is 10.9. The fourth-order valence-corrected chi connectivity index (χ4v) is 1.47. The largest absolute Gasteiger partial charge is 0.493 e. The predicted octanol–water partition coefficient (Wildman–Crippen LogP) is 2.30. The van der Waals surface area contributed by atoms with Gasteiger partial charge in [0.2, 0.25) is 0 Å². The van der Waals surface area contributed by atoms with Crippen molar-refractivity contribution in [2.45, 2.75) is 19.4 Å². The molecule has 0 bridgehead atoms. The Bertz CT molecular complexity index is 376. The van der Waals surface area contributed by atoms with Gasteiger partial charge in [-0.1, -0.05) is 15.9 Å². The van der Waals surface area contributed by atoms with E-state index in [0.717, 1.165) is 4.47 Å². The highest BCUT2D eigenvalue weighted by molar-refractivity contribution is 9.10. The quantitative estimate of drug-likeness (QED) is 0.872. The van der Waals surface area contributed by atoms with Crippen molar-refractivity contribution < 1.29 is 19.7 Å². The van der Waals surface area contributed by atoms with Crippen LogP contribution < -0.4 is 4.74 Å². The molecule has 1 aromatic carbocycles. The number of carboxylic acids is 1. The maximum Gasteiger partial charge on any atom is 0.339 e. The van der Waals surface area contributed by atoms with Gasteiger partial charge in [0.1, 0.15) is 11.3 Å². The monoisotopic (exact) mass is 288 g/mol. The number of halogens is 1. The number of hydrogen-bond acceptors (Lipinski definition) is 3. The highest BCUT2D eigenvalue weighted by Gasteiger charge is 2.11. The molecule has 0 aliphatic heterocycles. The molecule has 0 aromatic heterocycles. The summed E-state index contributed by atoms with van der Waals surface area (Å²) in [6.45, 7) is 1.94. The van der Waals surface area contributed by atoms with E-state index in [9.17, 15) is 4.79 Å². The second-order valence-electron chi connectivity index (χ2n) is 3.43. The molecule has 1 rings (SSSR count). The third-order valence-corrected chi connectivity index (χ3v) is 2.46. The van der Waals surface area contributed by atoms with Gasteiger partial charge in [0.25, 0.3) is 0 Å². The Balaban J connectivity index is 2.76. The summed E-state index contributed by atoms with van der Waals surface area (Å²) in [4.78, 5) is 10.9. The third-order valence-electron chi connectivity index (χ3n) is 1.97. The molecule has 0 fully saturated rings. The fraction of sp³-hybridized carbons (Fsp3) is 0.364. The van der Waals surface area contributed by atoms with Gasteiger partial charge in [0.05, 0.1) is 12.7 Å². The van der Waals surface area contributed by atoms with E-state index >= 15 is 0 Å². The van der Waals surface area contributed by atoms with Gasteiger partial charge in [-0.05, 0) is 25.1 Å². The second kappa shape index (κ2) is 5.86. The van der Waals surface area contributed by atoms with Crippen molar-refractivity contribution in [3.8, 4) is 5.75 Å². The lowest BCUT2D eigenvalue weighted by atomic mass is 10.2. The van der Waals surface area contributed by atoms with E-state index in [1.165, 1.54) is 6.07 Å². The molecular weight excluding hydrogens is 276 g/mol. The predicted molar refractivity (Wildman–Crippen MR) is 62.9 cm³/mol. The third kappa shape index (κ3) is 3.83. The minimum Gasteiger partial charge on any atom is -0.493 e. The van der Waals surface area contributed by atoms with Crippen LogP contribution in [0.3, 0.4) is 0 Å². The number of aliphatic hydroxyl groups is 1. The first-order valence-electron chi connectivity index (χ1n) is 4.84. The Labute approximate surface area is 102 Å². The average Bonchev–Trinajstić information content (AvgIpc) is 2.16. The van der Waals surface area contributed by atoms with Gasteiger partial charge in [-0.25, -0.2) is 4.79 Å². The highest BCUT2D eigenvalue weighted by Crippen LogP contribution is 2.24. The van der Waals surface area contributed by atoms with E-state index in [1.807, 2.05) is 0 Å². The summed E-state index contributed by atoms with van der Waals surface area (Å²) in [6.07, 6.45) is 0.00593. The highest BCUT2D eigenvalue weighted by atomic mass is 79.9. The van der Waals surface area contributed by atoms with Crippen molar-refractivity contribution in [3.05, 3.63) is 28.2 Å². The van der Waals surface area contributed by atoms with Crippen LogP contribution in [0.5, 0.6) is 5.75 Å². The Hall–Kier alpha value is -1.07. The number of carbonyl (C=O) groups is 1. The number of aliphatic hydroxyl groups excluding tert-OH is 1. The van der Waals surface area contributed by atoms with Crippen LogP contribution in [0.2, 0.25) is 0 Å². The van der Waals surface area contributed by atoms with Gasteiger partial charge in [0.15, 0.2) is 0 Å². The van der Waals surface area contributed by atoms with Crippen LogP contribution in [0.15, 0.2) is 22.7 Å². The summed E-state index contributed by atoms with van der Waals surface area (Å²) in [5, 5.41) is 18.0. The fourth-order valence-electron chi connectivity index (χ4n) is 1.13. The molecule has 0 aliphatic rings. The summed E-state index contributed by atoms with van der Waals surface area (Å²) < 4.78 is 6.07. The standard InChI is InChI=1S/C11H13BrO4/c1-7(13)4-5-16-10-6-8(12)2-3-9(10)11(14)15/h2-3,6-7,13H,4-5H2,1H3,(H,14,15). The lowest BCUT2D eigenvalue weighted by Gasteiger charge is -2.10. The molecule has 0 saturated carbocycles. The van der Waals surface area contributed by atoms with Crippen molar-refractivity contribution in [2.75, 3.05) is 6.61 Å². The molecule has 88 valence electrons. The average molecular weight is 289 g/mol. The van der Waals surface area contributed by atoms with E-state index in [0.29, 0.717) is 12.2 Å². The first-order valence-corrected chi connectivity index (χ1v) is 5.63. The molecule has 1 aromatic rings. The molecular formula is C11H13BrO4. The van der Waals surface area contributed by atoms with Crippen molar-refractivity contribution in [1.29, 1.82) is 0 Å². The van der Waals surface area contributed by atoms with Crippen molar-refractivity contribution in [1.82, 2.24) is 0 Å². The van der Waals surface area contributed by atoms with Crippen molar-refractivity contribution in [2.24, 2.45) is 0 Å². The van der Waals surface area contributed by atoms with Crippen molar-refractivity contribution in [3.63, 3.8) is 0 Å². The summed E-state index contributed by atoms with van der Waals surface area (Å²) in [5.41, 5.74) is 0.119. The molecule has 1 unspecified atom stereocenters. The number of benzene rings is 1. The molecule has 0 radical (unpaired) electrons. The summed E-state index contributed by atoms with van der Waals surface area (Å²) in [7, 11) is 0. The van der Waals surface area contributed by atoms with Gasteiger partial charge in [-0.3, -0.25) is 0 Å². The first-order chi connectivity index (χ1) is 7.50. The Morgan fingerprint density at radius 1 is 1.56 bits per heavy atom. The maximum atomic E-state index is 10.9. The lowest BCUT2D eigenvalue weighted by Crippen LogP contribution is -2.09. The molecule has 0 saturated heterocycles. The van der Waals surface area contributed by atoms with Gasteiger partial charge in [-0.15, -0.1) is 0 Å². The minimum atomic E-state index is -1.03. The van der Waals surface area contributed by atoms with Crippen LogP contribution in [0.25, 0.3) is 0 Å². The minimum absolute atomic E-state index is 0.119. The Morgan fingerprint density at radius 3 is 2.81 bits per heavy atom. The lowest BCUT2D eigenvalue weighted by molar-refractivity contribution is 0.0691. The zero-order valence-corrected chi connectivity index (χ0v) is 10.4. The Kier molecular flexibility index (Phi) is 4.76. The molecule has 1 atom stereocenters. The zero-order valence-electron chi connectivity index (χ0n) is 8.81. The summed E-state index contributed by atoms with van der Waals surface area (Å²) >= 11 is 3.24.